The first kappa shape index (κ1) is 11.2. The van der Waals surface area contributed by atoms with Crippen molar-refractivity contribution >= 4 is 5.71 Å². The highest BCUT2D eigenvalue weighted by Gasteiger charge is 2.16. The maximum Gasteiger partial charge on any atom is 0.0424 e. The lowest BCUT2D eigenvalue weighted by Crippen LogP contribution is -2.08. The fourth-order valence-electron chi connectivity index (χ4n) is 1.84. The molecule has 1 aliphatic carbocycles. The first-order chi connectivity index (χ1) is 6.52. The van der Waals surface area contributed by atoms with Gasteiger partial charge < -0.3 is 0 Å². The van der Waals surface area contributed by atoms with Crippen LogP contribution in [0.25, 0.3) is 0 Å². The Morgan fingerprint density at radius 2 is 2.07 bits per heavy atom. The molecule has 1 heteroatoms. The molecule has 0 fully saturated rings. The van der Waals surface area contributed by atoms with E-state index in [0.717, 1.165) is 11.3 Å². The topological polar surface area (TPSA) is 12.4 Å². The third-order valence-corrected chi connectivity index (χ3v) is 3.00. The number of allylic oxidation sites excluding steroid dienone is 3. The molecule has 0 heterocycles. The Hall–Kier alpha value is -0.850. The quantitative estimate of drug-likeness (QED) is 0.582. The van der Waals surface area contributed by atoms with Crippen LogP contribution in [0.4, 0.5) is 0 Å². The van der Waals surface area contributed by atoms with Gasteiger partial charge in [-0.05, 0) is 51.5 Å². The zero-order valence-corrected chi connectivity index (χ0v) is 9.85. The van der Waals surface area contributed by atoms with Gasteiger partial charge in [0.25, 0.3) is 0 Å². The van der Waals surface area contributed by atoms with Crippen molar-refractivity contribution < 1.29 is 0 Å². The summed E-state index contributed by atoms with van der Waals surface area (Å²) in [5.74, 6) is 0.623. The molecule has 1 aliphatic rings. The van der Waals surface area contributed by atoms with E-state index in [0.29, 0.717) is 5.92 Å². The van der Waals surface area contributed by atoms with Gasteiger partial charge in [-0.3, -0.25) is 4.99 Å². The molecule has 78 valence electrons. The van der Waals surface area contributed by atoms with Gasteiger partial charge in [0.15, 0.2) is 0 Å². The SMILES string of the molecule is C=C(C)C(C)=NC1=C(C)CCCC1C. The Kier molecular flexibility index (Phi) is 3.68. The predicted molar refractivity (Wildman–Crippen MR) is 63.6 cm³/mol. The lowest BCUT2D eigenvalue weighted by atomic mass is 9.89. The van der Waals surface area contributed by atoms with Crippen LogP contribution in [0.1, 0.15) is 47.0 Å². The summed E-state index contributed by atoms with van der Waals surface area (Å²) >= 11 is 0. The van der Waals surface area contributed by atoms with Crippen molar-refractivity contribution in [1.82, 2.24) is 0 Å². The van der Waals surface area contributed by atoms with E-state index in [1.807, 2.05) is 13.8 Å². The van der Waals surface area contributed by atoms with E-state index in [1.165, 1.54) is 30.5 Å². The van der Waals surface area contributed by atoms with E-state index in [1.54, 1.807) is 0 Å². The lowest BCUT2D eigenvalue weighted by molar-refractivity contribution is 0.530. The van der Waals surface area contributed by atoms with Crippen LogP contribution in [0.2, 0.25) is 0 Å². The molecule has 0 saturated carbocycles. The molecule has 14 heavy (non-hydrogen) atoms. The highest BCUT2D eigenvalue weighted by Crippen LogP contribution is 2.30. The summed E-state index contributed by atoms with van der Waals surface area (Å²) in [7, 11) is 0. The van der Waals surface area contributed by atoms with Crippen molar-refractivity contribution in [3.05, 3.63) is 23.4 Å². The first-order valence-corrected chi connectivity index (χ1v) is 5.43. The minimum absolute atomic E-state index is 0.623. The molecule has 1 unspecified atom stereocenters. The summed E-state index contributed by atoms with van der Waals surface area (Å²) in [6.07, 6.45) is 3.81. The monoisotopic (exact) mass is 191 g/mol. The standard InChI is InChI=1S/C13H21N/c1-9(2)12(5)14-13-10(3)7-6-8-11(13)4/h10H,1,6-8H2,2-5H3. The van der Waals surface area contributed by atoms with Crippen LogP contribution < -0.4 is 0 Å². The van der Waals surface area contributed by atoms with E-state index in [-0.39, 0.29) is 0 Å². The van der Waals surface area contributed by atoms with Crippen molar-refractivity contribution in [2.24, 2.45) is 10.9 Å². The van der Waals surface area contributed by atoms with Crippen LogP contribution in [0.5, 0.6) is 0 Å². The molecule has 1 nitrogen and oxygen atoms in total. The number of hydrogen-bond acceptors (Lipinski definition) is 1. The normalized spacial score (nSPS) is 24.0. The molecule has 0 aromatic rings. The zero-order valence-electron chi connectivity index (χ0n) is 9.85. The molecule has 0 N–H and O–H groups in total. The summed E-state index contributed by atoms with van der Waals surface area (Å²) in [5.41, 5.74) is 4.91. The molecular weight excluding hydrogens is 170 g/mol. The second-order valence-electron chi connectivity index (χ2n) is 4.44. The summed E-state index contributed by atoms with van der Waals surface area (Å²) < 4.78 is 0. The van der Waals surface area contributed by atoms with Crippen molar-refractivity contribution in [1.29, 1.82) is 0 Å². The van der Waals surface area contributed by atoms with Gasteiger partial charge in [-0.1, -0.05) is 19.1 Å². The van der Waals surface area contributed by atoms with E-state index in [2.05, 4.69) is 20.4 Å². The average Bonchev–Trinajstić information content (AvgIpc) is 2.11. The fourth-order valence-corrected chi connectivity index (χ4v) is 1.84. The van der Waals surface area contributed by atoms with Gasteiger partial charge in [0.05, 0.1) is 0 Å². The highest BCUT2D eigenvalue weighted by molar-refractivity contribution is 5.97. The Labute approximate surface area is 87.6 Å². The van der Waals surface area contributed by atoms with Crippen molar-refractivity contribution in [2.75, 3.05) is 0 Å². The van der Waals surface area contributed by atoms with Crippen LogP contribution in [0.3, 0.4) is 0 Å². The van der Waals surface area contributed by atoms with E-state index < -0.39 is 0 Å². The third-order valence-electron chi connectivity index (χ3n) is 3.00. The smallest absolute Gasteiger partial charge is 0.0424 e. The van der Waals surface area contributed by atoms with Crippen LogP contribution in [0, 0.1) is 5.92 Å². The van der Waals surface area contributed by atoms with Crippen LogP contribution in [0.15, 0.2) is 28.4 Å². The molecular formula is C13H21N. The minimum Gasteiger partial charge on any atom is -0.258 e. The predicted octanol–water partition coefficient (Wildman–Crippen LogP) is 4.12. The molecule has 0 amide bonds. The summed E-state index contributed by atoms with van der Waals surface area (Å²) in [5, 5.41) is 0. The van der Waals surface area contributed by atoms with E-state index in [4.69, 9.17) is 4.99 Å². The maximum atomic E-state index is 4.69. The van der Waals surface area contributed by atoms with Gasteiger partial charge in [0, 0.05) is 11.4 Å². The van der Waals surface area contributed by atoms with Gasteiger partial charge in [-0.15, -0.1) is 0 Å². The van der Waals surface area contributed by atoms with Gasteiger partial charge >= 0.3 is 0 Å². The third kappa shape index (κ3) is 2.57. The van der Waals surface area contributed by atoms with Gasteiger partial charge in [0.2, 0.25) is 0 Å². The maximum absolute atomic E-state index is 4.69. The molecule has 0 bridgehead atoms. The fraction of sp³-hybridized carbons (Fsp3) is 0.615. The Bertz CT molecular complexity index is 294. The summed E-state index contributed by atoms with van der Waals surface area (Å²) in [6.45, 7) is 12.5. The van der Waals surface area contributed by atoms with E-state index >= 15 is 0 Å². The largest absolute Gasteiger partial charge is 0.258 e. The summed E-state index contributed by atoms with van der Waals surface area (Å²) in [4.78, 5) is 4.69. The van der Waals surface area contributed by atoms with E-state index in [9.17, 15) is 0 Å². The average molecular weight is 191 g/mol. The number of nitrogens with zero attached hydrogens (tertiary/aromatic N) is 1. The molecule has 1 atom stereocenters. The molecule has 0 saturated heterocycles. The van der Waals surface area contributed by atoms with Gasteiger partial charge in [0.1, 0.15) is 0 Å². The Morgan fingerprint density at radius 3 is 2.57 bits per heavy atom. The highest BCUT2D eigenvalue weighted by atomic mass is 14.8. The first-order valence-electron chi connectivity index (χ1n) is 5.43. The van der Waals surface area contributed by atoms with Crippen LogP contribution in [-0.2, 0) is 0 Å². The lowest BCUT2D eigenvalue weighted by Gasteiger charge is -2.21. The summed E-state index contributed by atoms with van der Waals surface area (Å²) in [6, 6.07) is 0. The second kappa shape index (κ2) is 4.59. The molecule has 0 radical (unpaired) electrons. The number of aliphatic imine (C=N–C) groups is 1. The van der Waals surface area contributed by atoms with Crippen LogP contribution >= 0.6 is 0 Å². The molecule has 0 aromatic carbocycles. The minimum atomic E-state index is 0.623. The van der Waals surface area contributed by atoms with Crippen molar-refractivity contribution in [3.63, 3.8) is 0 Å². The molecule has 0 aromatic heterocycles. The molecule has 0 aliphatic heterocycles. The van der Waals surface area contributed by atoms with Gasteiger partial charge in [-0.2, -0.15) is 0 Å². The molecule has 0 spiro atoms. The molecule has 1 rings (SSSR count). The number of hydrogen-bond donors (Lipinski definition) is 0. The van der Waals surface area contributed by atoms with Crippen molar-refractivity contribution in [2.45, 2.75) is 47.0 Å². The van der Waals surface area contributed by atoms with Gasteiger partial charge in [-0.25, -0.2) is 0 Å². The Morgan fingerprint density at radius 1 is 1.43 bits per heavy atom. The second-order valence-corrected chi connectivity index (χ2v) is 4.44. The van der Waals surface area contributed by atoms with Crippen molar-refractivity contribution in [3.8, 4) is 0 Å². The van der Waals surface area contributed by atoms with Crippen LogP contribution in [-0.4, -0.2) is 5.71 Å². The zero-order chi connectivity index (χ0) is 10.7. The Balaban J connectivity index is 2.95. The number of rotatable bonds is 2.